The fourth-order valence-electron chi connectivity index (χ4n) is 2.77. The molecule has 8 heteroatoms. The average molecular weight is 373 g/mol. The predicted molar refractivity (Wildman–Crippen MR) is 113 cm³/mol. The summed E-state index contributed by atoms with van der Waals surface area (Å²) in [5, 5.41) is 13.7. The van der Waals surface area contributed by atoms with Crippen LogP contribution in [0, 0.1) is 6.92 Å². The zero-order valence-electron chi connectivity index (χ0n) is 17.1. The summed E-state index contributed by atoms with van der Waals surface area (Å²) in [6, 6.07) is 6.12. The van der Waals surface area contributed by atoms with Gasteiger partial charge in [-0.25, -0.2) is 9.99 Å². The Kier molecular flexibility index (Phi) is 7.75. The first kappa shape index (κ1) is 20.9. The Morgan fingerprint density at radius 1 is 1.22 bits per heavy atom. The van der Waals surface area contributed by atoms with Crippen molar-refractivity contribution >= 4 is 17.3 Å². The number of nitrogen functional groups attached to an aromatic ring is 1. The van der Waals surface area contributed by atoms with Crippen molar-refractivity contribution in [2.24, 2.45) is 0 Å². The highest BCUT2D eigenvalue weighted by molar-refractivity contribution is 5.66. The molecular formula is C19H32N8. The van der Waals surface area contributed by atoms with E-state index in [9.17, 15) is 0 Å². The number of benzene rings is 1. The van der Waals surface area contributed by atoms with Crippen LogP contribution in [0.5, 0.6) is 0 Å². The van der Waals surface area contributed by atoms with E-state index in [2.05, 4.69) is 50.7 Å². The van der Waals surface area contributed by atoms with Crippen LogP contribution >= 0.6 is 0 Å². The molecule has 3 rings (SSSR count). The molecule has 0 atom stereocenters. The molecule has 0 saturated carbocycles. The van der Waals surface area contributed by atoms with Gasteiger partial charge in [0.1, 0.15) is 0 Å². The molecule has 1 fully saturated rings. The maximum atomic E-state index is 6.01. The van der Waals surface area contributed by atoms with Gasteiger partial charge in [-0.05, 0) is 30.7 Å². The number of anilines is 3. The third-order valence-electron chi connectivity index (χ3n) is 4.38. The number of aromatic nitrogens is 3. The van der Waals surface area contributed by atoms with Crippen molar-refractivity contribution in [2.75, 3.05) is 55.8 Å². The minimum Gasteiger partial charge on any atom is -0.379 e. The summed E-state index contributed by atoms with van der Waals surface area (Å²) in [5.74, 6) is 1.70. The molecule has 0 bridgehead atoms. The number of nitrogens with two attached hydrogens (primary N) is 1. The lowest BCUT2D eigenvalue weighted by Gasteiger charge is -2.28. The molecule has 4 N–H and O–H groups in total. The quantitative estimate of drug-likeness (QED) is 0.687. The topological polar surface area (TPSA) is 95.2 Å². The Labute approximate surface area is 162 Å². The molecule has 1 aromatic carbocycles. The summed E-state index contributed by atoms with van der Waals surface area (Å²) in [6.07, 6.45) is 0. The zero-order valence-corrected chi connectivity index (χ0v) is 17.1. The van der Waals surface area contributed by atoms with E-state index in [1.807, 2.05) is 38.0 Å². The van der Waals surface area contributed by atoms with Crippen LogP contribution in [-0.4, -0.2) is 60.0 Å². The first-order valence-electron chi connectivity index (χ1n) is 9.63. The van der Waals surface area contributed by atoms with Gasteiger partial charge >= 0.3 is 0 Å². The van der Waals surface area contributed by atoms with Crippen LogP contribution in [0.3, 0.4) is 0 Å². The maximum Gasteiger partial charge on any atom is 0.189 e. The summed E-state index contributed by atoms with van der Waals surface area (Å²) in [4.78, 5) is 6.84. The van der Waals surface area contributed by atoms with Crippen molar-refractivity contribution in [3.63, 3.8) is 0 Å². The Morgan fingerprint density at radius 3 is 2.56 bits per heavy atom. The van der Waals surface area contributed by atoms with Gasteiger partial charge in [0.15, 0.2) is 17.5 Å². The normalized spacial score (nSPS) is 13.9. The highest BCUT2D eigenvalue weighted by atomic mass is 15.5. The van der Waals surface area contributed by atoms with Crippen molar-refractivity contribution in [3.05, 3.63) is 23.8 Å². The van der Waals surface area contributed by atoms with Crippen LogP contribution in [0.25, 0.3) is 11.4 Å². The van der Waals surface area contributed by atoms with Crippen molar-refractivity contribution in [1.29, 1.82) is 0 Å². The molecule has 2 heterocycles. The molecule has 27 heavy (non-hydrogen) atoms. The van der Waals surface area contributed by atoms with Crippen LogP contribution < -0.4 is 21.4 Å². The molecular weight excluding hydrogens is 340 g/mol. The number of nitrogens with one attached hydrogen (secondary N) is 2. The van der Waals surface area contributed by atoms with Crippen LogP contribution in [0.4, 0.5) is 17.3 Å². The molecule has 1 aliphatic rings. The van der Waals surface area contributed by atoms with Gasteiger partial charge in [0.05, 0.1) is 5.69 Å². The van der Waals surface area contributed by atoms with Crippen molar-refractivity contribution in [3.8, 4) is 11.4 Å². The molecule has 1 aromatic heterocycles. The number of nitrogens with zero attached hydrogens (tertiary/aromatic N) is 5. The highest BCUT2D eigenvalue weighted by Crippen LogP contribution is 2.25. The van der Waals surface area contributed by atoms with E-state index < -0.39 is 0 Å². The standard InChI is InChI=1S/C17H26N8.C2H6/c1-4-24(3)23-14-6-5-13(11-12(14)2)16-20-17(15(18)21-22-16)25-9-7-19-8-10-25;1-2/h5-6,11,19,23H,4,7-10H2,1-3H3,(H2,18,21);1-2H3. The zero-order chi connectivity index (χ0) is 19.8. The lowest BCUT2D eigenvalue weighted by atomic mass is 10.1. The molecule has 0 spiro atoms. The van der Waals surface area contributed by atoms with Crippen molar-refractivity contribution in [2.45, 2.75) is 27.7 Å². The summed E-state index contributed by atoms with van der Waals surface area (Å²) in [5.41, 5.74) is 12.5. The van der Waals surface area contributed by atoms with Gasteiger partial charge in [0.25, 0.3) is 0 Å². The molecule has 0 radical (unpaired) electrons. The third kappa shape index (κ3) is 5.27. The fourth-order valence-corrected chi connectivity index (χ4v) is 2.77. The number of hydrogen-bond donors (Lipinski definition) is 3. The van der Waals surface area contributed by atoms with Gasteiger partial charge in [-0.15, -0.1) is 10.2 Å². The van der Waals surface area contributed by atoms with Crippen molar-refractivity contribution in [1.82, 2.24) is 25.5 Å². The summed E-state index contributed by atoms with van der Waals surface area (Å²) in [6.45, 7) is 12.7. The molecule has 2 aromatic rings. The van der Waals surface area contributed by atoms with E-state index in [0.717, 1.165) is 55.4 Å². The Balaban J connectivity index is 0.00000126. The maximum absolute atomic E-state index is 6.01. The monoisotopic (exact) mass is 372 g/mol. The Hall–Kier alpha value is -2.45. The predicted octanol–water partition coefficient (Wildman–Crippen LogP) is 2.14. The summed E-state index contributed by atoms with van der Waals surface area (Å²) in [7, 11) is 2.01. The van der Waals surface area contributed by atoms with Crippen LogP contribution in [0.2, 0.25) is 0 Å². The fraction of sp³-hybridized carbons (Fsp3) is 0.526. The van der Waals surface area contributed by atoms with Crippen LogP contribution in [-0.2, 0) is 0 Å². The van der Waals surface area contributed by atoms with Gasteiger partial charge in [-0.3, -0.25) is 0 Å². The highest BCUT2D eigenvalue weighted by Gasteiger charge is 2.17. The summed E-state index contributed by atoms with van der Waals surface area (Å²) < 4.78 is 0. The van der Waals surface area contributed by atoms with Gasteiger partial charge in [-0.2, -0.15) is 0 Å². The van der Waals surface area contributed by atoms with E-state index in [-0.39, 0.29) is 0 Å². The first-order chi connectivity index (χ1) is 13.1. The first-order valence-corrected chi connectivity index (χ1v) is 9.63. The SMILES string of the molecule is CC.CCN(C)Nc1ccc(-c2nnc(N)c(N3CCNCC3)n2)cc1C. The van der Waals surface area contributed by atoms with Gasteiger partial charge in [-0.1, -0.05) is 20.8 Å². The average Bonchev–Trinajstić information content (AvgIpc) is 2.72. The third-order valence-corrected chi connectivity index (χ3v) is 4.38. The minimum absolute atomic E-state index is 0.380. The second kappa shape index (κ2) is 10.0. The lowest BCUT2D eigenvalue weighted by Crippen LogP contribution is -2.44. The number of aryl methyl sites for hydroxylation is 1. The van der Waals surface area contributed by atoms with Gasteiger partial charge in [0.2, 0.25) is 0 Å². The van der Waals surface area contributed by atoms with Crippen LogP contribution in [0.15, 0.2) is 18.2 Å². The number of hydrogen-bond acceptors (Lipinski definition) is 8. The van der Waals surface area contributed by atoms with E-state index in [0.29, 0.717) is 11.6 Å². The van der Waals surface area contributed by atoms with Crippen molar-refractivity contribution < 1.29 is 0 Å². The number of hydrazine groups is 1. The molecule has 0 unspecified atom stereocenters. The van der Waals surface area contributed by atoms with Crippen LogP contribution in [0.1, 0.15) is 26.3 Å². The number of piperazine rings is 1. The second-order valence-electron chi connectivity index (χ2n) is 6.24. The van der Waals surface area contributed by atoms with E-state index in [1.165, 1.54) is 0 Å². The van der Waals surface area contributed by atoms with E-state index in [1.54, 1.807) is 0 Å². The number of rotatable bonds is 5. The molecule has 1 aliphatic heterocycles. The Bertz CT molecular complexity index is 728. The second-order valence-corrected chi connectivity index (χ2v) is 6.24. The van der Waals surface area contributed by atoms with Gasteiger partial charge in [0, 0.05) is 45.3 Å². The Morgan fingerprint density at radius 2 is 1.93 bits per heavy atom. The molecule has 148 valence electrons. The van der Waals surface area contributed by atoms with Gasteiger partial charge < -0.3 is 21.4 Å². The molecule has 0 amide bonds. The minimum atomic E-state index is 0.380. The molecule has 0 aliphatic carbocycles. The van der Waals surface area contributed by atoms with E-state index >= 15 is 0 Å². The molecule has 8 nitrogen and oxygen atoms in total. The largest absolute Gasteiger partial charge is 0.379 e. The van der Waals surface area contributed by atoms with E-state index in [4.69, 9.17) is 5.73 Å². The smallest absolute Gasteiger partial charge is 0.189 e. The summed E-state index contributed by atoms with van der Waals surface area (Å²) >= 11 is 0. The lowest BCUT2D eigenvalue weighted by molar-refractivity contribution is 0.425. The molecule has 1 saturated heterocycles.